The Morgan fingerprint density at radius 3 is 2.79 bits per heavy atom. The van der Waals surface area contributed by atoms with Gasteiger partial charge in [0.1, 0.15) is 0 Å². The van der Waals surface area contributed by atoms with Gasteiger partial charge in [0.2, 0.25) is 5.75 Å². The van der Waals surface area contributed by atoms with E-state index in [1.807, 2.05) is 6.07 Å². The van der Waals surface area contributed by atoms with Crippen LogP contribution < -0.4 is 19.5 Å². The Labute approximate surface area is 114 Å². The molecule has 1 aromatic rings. The molecule has 4 nitrogen and oxygen atoms in total. The van der Waals surface area contributed by atoms with Gasteiger partial charge in [-0.2, -0.15) is 0 Å². The molecule has 1 N–H and O–H groups in total. The molecule has 19 heavy (non-hydrogen) atoms. The van der Waals surface area contributed by atoms with Crippen LogP contribution in [0.4, 0.5) is 0 Å². The van der Waals surface area contributed by atoms with Crippen molar-refractivity contribution in [3.63, 3.8) is 0 Å². The van der Waals surface area contributed by atoms with Gasteiger partial charge in [0.05, 0.1) is 20.8 Å². The summed E-state index contributed by atoms with van der Waals surface area (Å²) in [7, 11) is 3.32. The largest absolute Gasteiger partial charge is 0.493 e. The van der Waals surface area contributed by atoms with Gasteiger partial charge in [-0.3, -0.25) is 0 Å². The standard InChI is InChI=1S/C15H21NO3/c1-17-12-4-3-11-9-15(5-7-16-10-15)6-8-19-13(11)14(12)18-2/h3-4,16H,5-10H2,1-2H3. The average Bonchev–Trinajstić information content (AvgIpc) is 2.79. The van der Waals surface area contributed by atoms with E-state index in [0.717, 1.165) is 49.8 Å². The average molecular weight is 263 g/mol. The van der Waals surface area contributed by atoms with Crippen LogP contribution in [0.25, 0.3) is 0 Å². The smallest absolute Gasteiger partial charge is 0.203 e. The molecule has 0 saturated carbocycles. The Kier molecular flexibility index (Phi) is 3.27. The Hall–Kier alpha value is -1.42. The minimum Gasteiger partial charge on any atom is -0.493 e. The molecule has 1 atom stereocenters. The van der Waals surface area contributed by atoms with Crippen molar-refractivity contribution in [1.82, 2.24) is 5.32 Å². The van der Waals surface area contributed by atoms with Crippen LogP contribution in [-0.4, -0.2) is 33.9 Å². The van der Waals surface area contributed by atoms with Crippen molar-refractivity contribution in [2.75, 3.05) is 33.9 Å². The molecular formula is C15H21NO3. The molecule has 0 aromatic heterocycles. The quantitative estimate of drug-likeness (QED) is 0.886. The topological polar surface area (TPSA) is 39.7 Å². The summed E-state index contributed by atoms with van der Waals surface area (Å²) in [6.45, 7) is 2.95. The molecule has 2 aliphatic heterocycles. The zero-order valence-electron chi connectivity index (χ0n) is 11.6. The summed E-state index contributed by atoms with van der Waals surface area (Å²) < 4.78 is 16.8. The van der Waals surface area contributed by atoms with Gasteiger partial charge < -0.3 is 19.5 Å². The minimum absolute atomic E-state index is 0.352. The van der Waals surface area contributed by atoms with Crippen LogP contribution in [0, 0.1) is 5.41 Å². The lowest BCUT2D eigenvalue weighted by Gasteiger charge is -2.25. The lowest BCUT2D eigenvalue weighted by molar-refractivity contribution is 0.226. The van der Waals surface area contributed by atoms with Crippen molar-refractivity contribution in [3.05, 3.63) is 17.7 Å². The Morgan fingerprint density at radius 1 is 1.21 bits per heavy atom. The van der Waals surface area contributed by atoms with E-state index in [-0.39, 0.29) is 0 Å². The molecule has 2 heterocycles. The monoisotopic (exact) mass is 263 g/mol. The van der Waals surface area contributed by atoms with Crippen LogP contribution in [0.3, 0.4) is 0 Å². The summed E-state index contributed by atoms with van der Waals surface area (Å²) in [5, 5.41) is 3.48. The summed E-state index contributed by atoms with van der Waals surface area (Å²) in [6, 6.07) is 4.09. The minimum atomic E-state index is 0.352. The number of hydrogen-bond donors (Lipinski definition) is 1. The van der Waals surface area contributed by atoms with Crippen molar-refractivity contribution in [2.24, 2.45) is 5.41 Å². The van der Waals surface area contributed by atoms with E-state index in [9.17, 15) is 0 Å². The second-order valence-corrected chi connectivity index (χ2v) is 5.49. The highest BCUT2D eigenvalue weighted by Crippen LogP contribution is 2.46. The third-order valence-corrected chi connectivity index (χ3v) is 4.36. The number of nitrogens with one attached hydrogen (secondary N) is 1. The number of methoxy groups -OCH3 is 2. The molecule has 1 fully saturated rings. The molecule has 1 aromatic carbocycles. The van der Waals surface area contributed by atoms with E-state index in [4.69, 9.17) is 14.2 Å². The van der Waals surface area contributed by atoms with Gasteiger partial charge in [-0.25, -0.2) is 0 Å². The van der Waals surface area contributed by atoms with E-state index < -0.39 is 0 Å². The van der Waals surface area contributed by atoms with E-state index in [1.165, 1.54) is 12.0 Å². The normalized spacial score (nSPS) is 25.6. The first-order valence-electron chi connectivity index (χ1n) is 6.85. The maximum absolute atomic E-state index is 5.97. The highest BCUT2D eigenvalue weighted by atomic mass is 16.5. The fourth-order valence-electron chi connectivity index (χ4n) is 3.26. The van der Waals surface area contributed by atoms with Gasteiger partial charge in [0.25, 0.3) is 0 Å². The third-order valence-electron chi connectivity index (χ3n) is 4.36. The lowest BCUT2D eigenvalue weighted by Crippen LogP contribution is -2.27. The fourth-order valence-corrected chi connectivity index (χ4v) is 3.26. The molecule has 3 rings (SSSR count). The summed E-state index contributed by atoms with van der Waals surface area (Å²) in [4.78, 5) is 0. The maximum atomic E-state index is 5.97. The summed E-state index contributed by atoms with van der Waals surface area (Å²) >= 11 is 0. The van der Waals surface area contributed by atoms with Crippen LogP contribution in [0.5, 0.6) is 17.2 Å². The van der Waals surface area contributed by atoms with Gasteiger partial charge in [0.15, 0.2) is 11.5 Å². The fraction of sp³-hybridized carbons (Fsp3) is 0.600. The molecule has 0 aliphatic carbocycles. The van der Waals surface area contributed by atoms with E-state index in [0.29, 0.717) is 5.41 Å². The van der Waals surface area contributed by atoms with Gasteiger partial charge in [-0.1, -0.05) is 6.07 Å². The molecule has 1 spiro atoms. The highest BCUT2D eigenvalue weighted by molar-refractivity contribution is 5.56. The van der Waals surface area contributed by atoms with Crippen LogP contribution in [0.15, 0.2) is 12.1 Å². The number of rotatable bonds is 2. The summed E-state index contributed by atoms with van der Waals surface area (Å²) in [5.41, 5.74) is 1.59. The summed E-state index contributed by atoms with van der Waals surface area (Å²) in [5.74, 6) is 2.33. The number of ether oxygens (including phenoxy) is 3. The van der Waals surface area contributed by atoms with Crippen LogP contribution >= 0.6 is 0 Å². The second-order valence-electron chi connectivity index (χ2n) is 5.49. The van der Waals surface area contributed by atoms with E-state index >= 15 is 0 Å². The van der Waals surface area contributed by atoms with Crippen molar-refractivity contribution >= 4 is 0 Å². The Morgan fingerprint density at radius 2 is 2.11 bits per heavy atom. The lowest BCUT2D eigenvalue weighted by atomic mass is 9.78. The predicted octanol–water partition coefficient (Wildman–Crippen LogP) is 2.01. The Bertz CT molecular complexity index is 467. The van der Waals surface area contributed by atoms with Crippen molar-refractivity contribution in [3.8, 4) is 17.2 Å². The van der Waals surface area contributed by atoms with Gasteiger partial charge in [0, 0.05) is 6.54 Å². The molecule has 1 unspecified atom stereocenters. The molecule has 0 amide bonds. The molecule has 104 valence electrons. The van der Waals surface area contributed by atoms with Crippen LogP contribution in [-0.2, 0) is 6.42 Å². The number of benzene rings is 1. The molecule has 0 bridgehead atoms. The second kappa shape index (κ2) is 4.93. The van der Waals surface area contributed by atoms with Gasteiger partial charge >= 0.3 is 0 Å². The zero-order valence-corrected chi connectivity index (χ0v) is 11.6. The molecule has 1 saturated heterocycles. The SMILES string of the molecule is COc1ccc2c(c1OC)OCCC1(CCNC1)C2. The Balaban J connectivity index is 2.00. The zero-order chi connectivity index (χ0) is 13.3. The third kappa shape index (κ3) is 2.14. The summed E-state index contributed by atoms with van der Waals surface area (Å²) in [6.07, 6.45) is 3.37. The highest BCUT2D eigenvalue weighted by Gasteiger charge is 2.37. The van der Waals surface area contributed by atoms with E-state index in [1.54, 1.807) is 14.2 Å². The van der Waals surface area contributed by atoms with Crippen molar-refractivity contribution in [1.29, 1.82) is 0 Å². The van der Waals surface area contributed by atoms with Crippen molar-refractivity contribution in [2.45, 2.75) is 19.3 Å². The van der Waals surface area contributed by atoms with Crippen LogP contribution in [0.1, 0.15) is 18.4 Å². The van der Waals surface area contributed by atoms with E-state index in [2.05, 4.69) is 11.4 Å². The molecule has 2 aliphatic rings. The van der Waals surface area contributed by atoms with Gasteiger partial charge in [-0.15, -0.1) is 0 Å². The molecule has 4 heteroatoms. The molecular weight excluding hydrogens is 242 g/mol. The number of fused-ring (bicyclic) bond motifs is 1. The maximum Gasteiger partial charge on any atom is 0.203 e. The van der Waals surface area contributed by atoms with Crippen LogP contribution in [0.2, 0.25) is 0 Å². The van der Waals surface area contributed by atoms with Gasteiger partial charge in [-0.05, 0) is 42.9 Å². The van der Waals surface area contributed by atoms with Crippen molar-refractivity contribution < 1.29 is 14.2 Å². The first-order valence-corrected chi connectivity index (χ1v) is 6.85. The first-order chi connectivity index (χ1) is 9.28. The number of hydrogen-bond acceptors (Lipinski definition) is 4. The molecule has 0 radical (unpaired) electrons. The first kappa shape index (κ1) is 12.6. The predicted molar refractivity (Wildman–Crippen MR) is 73.3 cm³/mol.